The van der Waals surface area contributed by atoms with Gasteiger partial charge < -0.3 is 19.7 Å². The molecule has 0 radical (unpaired) electrons. The van der Waals surface area contributed by atoms with Crippen LogP contribution in [0.2, 0.25) is 5.02 Å². The molecule has 0 saturated carbocycles. The van der Waals surface area contributed by atoms with E-state index in [1.165, 1.54) is 0 Å². The van der Waals surface area contributed by atoms with Crippen LogP contribution in [0.3, 0.4) is 0 Å². The number of hydrogen-bond acceptors (Lipinski definition) is 5. The molecule has 2 aromatic rings. The molecule has 0 aliphatic heterocycles. The zero-order chi connectivity index (χ0) is 19.8. The van der Waals surface area contributed by atoms with Crippen LogP contribution < -0.4 is 14.8 Å². The van der Waals surface area contributed by atoms with Crippen LogP contribution in [0.15, 0.2) is 30.5 Å². The quantitative estimate of drug-likeness (QED) is 0.667. The van der Waals surface area contributed by atoms with Gasteiger partial charge in [0.1, 0.15) is 17.3 Å². The monoisotopic (exact) mass is 391 g/mol. The van der Waals surface area contributed by atoms with Crippen molar-refractivity contribution in [2.45, 2.75) is 26.7 Å². The van der Waals surface area contributed by atoms with Gasteiger partial charge in [-0.25, -0.2) is 4.98 Å². The number of carbonyl (C=O) groups excluding carboxylic acids is 1. The maximum absolute atomic E-state index is 12.8. The van der Waals surface area contributed by atoms with Gasteiger partial charge in [-0.15, -0.1) is 0 Å². The summed E-state index contributed by atoms with van der Waals surface area (Å²) in [6.45, 7) is 5.60. The lowest BCUT2D eigenvalue weighted by molar-refractivity contribution is 0.0755. The summed E-state index contributed by atoms with van der Waals surface area (Å²) in [5.74, 6) is 1.61. The Morgan fingerprint density at radius 3 is 2.37 bits per heavy atom. The fourth-order valence-corrected chi connectivity index (χ4v) is 3.00. The largest absolute Gasteiger partial charge is 0.495 e. The van der Waals surface area contributed by atoms with Crippen LogP contribution in [0.4, 0.5) is 11.5 Å². The smallest absolute Gasteiger partial charge is 0.254 e. The number of carbonyl (C=O) groups is 1. The zero-order valence-electron chi connectivity index (χ0n) is 16.2. The molecular formula is C20H26ClN3O3. The molecule has 1 N–H and O–H groups in total. The van der Waals surface area contributed by atoms with Gasteiger partial charge in [0.2, 0.25) is 0 Å². The first-order chi connectivity index (χ1) is 13.0. The lowest BCUT2D eigenvalue weighted by Crippen LogP contribution is -2.32. The Bertz CT molecular complexity index is 777. The molecule has 0 aliphatic rings. The van der Waals surface area contributed by atoms with E-state index in [1.807, 2.05) is 4.90 Å². The minimum atomic E-state index is 0.00445. The number of ether oxygens (including phenoxy) is 2. The molecule has 1 heterocycles. The topological polar surface area (TPSA) is 63.7 Å². The van der Waals surface area contributed by atoms with Crippen molar-refractivity contribution in [1.29, 1.82) is 0 Å². The Hall–Kier alpha value is -2.47. The molecule has 27 heavy (non-hydrogen) atoms. The molecule has 1 aromatic heterocycles. The molecule has 7 heteroatoms. The number of anilines is 2. The van der Waals surface area contributed by atoms with Crippen molar-refractivity contribution in [3.05, 3.63) is 41.0 Å². The predicted octanol–water partition coefficient (Wildman–Crippen LogP) is 4.76. The molecule has 0 bridgehead atoms. The van der Waals surface area contributed by atoms with Crippen molar-refractivity contribution in [3.63, 3.8) is 0 Å². The summed E-state index contributed by atoms with van der Waals surface area (Å²) >= 11 is 6.15. The Balaban J connectivity index is 2.29. The van der Waals surface area contributed by atoms with Gasteiger partial charge in [-0.3, -0.25) is 4.79 Å². The molecule has 6 nitrogen and oxygen atoms in total. The molecule has 0 atom stereocenters. The Morgan fingerprint density at radius 2 is 1.78 bits per heavy atom. The van der Waals surface area contributed by atoms with Gasteiger partial charge in [0.25, 0.3) is 5.91 Å². The third-order valence-corrected chi connectivity index (χ3v) is 4.31. The molecule has 1 aromatic carbocycles. The first kappa shape index (κ1) is 20.8. The lowest BCUT2D eigenvalue weighted by Gasteiger charge is -2.21. The number of nitrogens with one attached hydrogen (secondary N) is 1. The van der Waals surface area contributed by atoms with Crippen LogP contribution >= 0.6 is 11.6 Å². The predicted molar refractivity (Wildman–Crippen MR) is 109 cm³/mol. The second kappa shape index (κ2) is 10.0. The number of nitrogens with zero attached hydrogens (tertiary/aromatic N) is 2. The maximum atomic E-state index is 12.8. The lowest BCUT2D eigenvalue weighted by atomic mass is 10.2. The van der Waals surface area contributed by atoms with Crippen molar-refractivity contribution >= 4 is 29.0 Å². The minimum absolute atomic E-state index is 0.00445. The molecule has 0 spiro atoms. The van der Waals surface area contributed by atoms with E-state index in [-0.39, 0.29) is 5.91 Å². The highest BCUT2D eigenvalue weighted by Crippen LogP contribution is 2.37. The van der Waals surface area contributed by atoms with E-state index in [2.05, 4.69) is 24.1 Å². The van der Waals surface area contributed by atoms with E-state index in [4.69, 9.17) is 21.1 Å². The SMILES string of the molecule is CCCN(CCC)C(=O)c1ccnc(Nc2cc(OC)c(Cl)cc2OC)c1. The fourth-order valence-electron chi connectivity index (χ4n) is 2.77. The first-order valence-corrected chi connectivity index (χ1v) is 9.35. The summed E-state index contributed by atoms with van der Waals surface area (Å²) < 4.78 is 10.6. The number of benzene rings is 1. The summed E-state index contributed by atoms with van der Waals surface area (Å²) in [7, 11) is 3.11. The second-order valence-electron chi connectivity index (χ2n) is 6.03. The van der Waals surface area contributed by atoms with E-state index in [0.717, 1.165) is 25.9 Å². The van der Waals surface area contributed by atoms with E-state index in [0.29, 0.717) is 33.6 Å². The number of amides is 1. The molecule has 0 unspecified atom stereocenters. The van der Waals surface area contributed by atoms with Crippen LogP contribution in [-0.2, 0) is 0 Å². The highest BCUT2D eigenvalue weighted by atomic mass is 35.5. The summed E-state index contributed by atoms with van der Waals surface area (Å²) in [6, 6.07) is 6.87. The minimum Gasteiger partial charge on any atom is -0.495 e. The van der Waals surface area contributed by atoms with Crippen molar-refractivity contribution in [2.24, 2.45) is 0 Å². The first-order valence-electron chi connectivity index (χ1n) is 8.97. The standard InChI is InChI=1S/C20H26ClN3O3/c1-5-9-24(10-6-2)20(25)14-7-8-22-19(11-14)23-16-13-17(26-3)15(21)12-18(16)27-4/h7-8,11-13H,5-6,9-10H2,1-4H3,(H,22,23). The second-order valence-corrected chi connectivity index (χ2v) is 6.44. The van der Waals surface area contributed by atoms with Gasteiger partial charge in [0.15, 0.2) is 0 Å². The maximum Gasteiger partial charge on any atom is 0.254 e. The summed E-state index contributed by atoms with van der Waals surface area (Å²) in [5, 5.41) is 3.63. The van der Waals surface area contributed by atoms with Crippen molar-refractivity contribution in [1.82, 2.24) is 9.88 Å². The van der Waals surface area contributed by atoms with Crippen molar-refractivity contribution < 1.29 is 14.3 Å². The van der Waals surface area contributed by atoms with Crippen LogP contribution in [-0.4, -0.2) is 43.1 Å². The Kier molecular flexibility index (Phi) is 7.73. The van der Waals surface area contributed by atoms with Gasteiger partial charge in [-0.05, 0) is 25.0 Å². The van der Waals surface area contributed by atoms with Gasteiger partial charge in [0, 0.05) is 37.0 Å². The Labute approximate surface area is 165 Å². The van der Waals surface area contributed by atoms with Gasteiger partial charge in [-0.1, -0.05) is 25.4 Å². The van der Waals surface area contributed by atoms with E-state index in [9.17, 15) is 4.79 Å². The normalized spacial score (nSPS) is 10.4. The van der Waals surface area contributed by atoms with Crippen LogP contribution in [0, 0.1) is 0 Å². The van der Waals surface area contributed by atoms with Gasteiger partial charge in [0.05, 0.1) is 24.9 Å². The van der Waals surface area contributed by atoms with Crippen LogP contribution in [0.25, 0.3) is 0 Å². The number of rotatable bonds is 9. The van der Waals surface area contributed by atoms with Crippen LogP contribution in [0.5, 0.6) is 11.5 Å². The fraction of sp³-hybridized carbons (Fsp3) is 0.400. The highest BCUT2D eigenvalue weighted by molar-refractivity contribution is 6.32. The molecule has 1 amide bonds. The van der Waals surface area contributed by atoms with Gasteiger partial charge >= 0.3 is 0 Å². The number of pyridine rings is 1. The molecular weight excluding hydrogens is 366 g/mol. The number of halogens is 1. The number of aromatic nitrogens is 1. The third-order valence-electron chi connectivity index (χ3n) is 4.02. The number of methoxy groups -OCH3 is 2. The molecule has 0 fully saturated rings. The van der Waals surface area contributed by atoms with Crippen molar-refractivity contribution in [2.75, 3.05) is 32.6 Å². The average molecular weight is 392 g/mol. The molecule has 0 aliphatic carbocycles. The Morgan fingerprint density at radius 1 is 1.11 bits per heavy atom. The third kappa shape index (κ3) is 5.26. The van der Waals surface area contributed by atoms with Gasteiger partial charge in [-0.2, -0.15) is 0 Å². The van der Waals surface area contributed by atoms with E-state index in [1.54, 1.807) is 44.7 Å². The van der Waals surface area contributed by atoms with E-state index >= 15 is 0 Å². The summed E-state index contributed by atoms with van der Waals surface area (Å²) in [4.78, 5) is 19.0. The molecule has 146 valence electrons. The number of hydrogen-bond donors (Lipinski definition) is 1. The summed E-state index contributed by atoms with van der Waals surface area (Å²) in [6.07, 6.45) is 3.46. The summed E-state index contributed by atoms with van der Waals surface area (Å²) in [5.41, 5.74) is 1.24. The highest BCUT2D eigenvalue weighted by Gasteiger charge is 2.16. The van der Waals surface area contributed by atoms with Crippen LogP contribution in [0.1, 0.15) is 37.0 Å². The van der Waals surface area contributed by atoms with E-state index < -0.39 is 0 Å². The van der Waals surface area contributed by atoms with Crippen molar-refractivity contribution in [3.8, 4) is 11.5 Å². The molecule has 0 saturated heterocycles. The molecule has 2 rings (SSSR count). The zero-order valence-corrected chi connectivity index (χ0v) is 17.0. The average Bonchev–Trinajstić information content (AvgIpc) is 2.68.